The molecule has 1 aromatic heterocycles. The van der Waals surface area contributed by atoms with Gasteiger partial charge in [0.25, 0.3) is 0 Å². The van der Waals surface area contributed by atoms with Crippen molar-refractivity contribution in [2.75, 3.05) is 27.9 Å². The van der Waals surface area contributed by atoms with E-state index < -0.39 is 11.8 Å². The van der Waals surface area contributed by atoms with Gasteiger partial charge in [0.05, 0.1) is 39.0 Å². The number of benzene rings is 1. The number of nitrogens with zero attached hydrogens (tertiary/aromatic N) is 2. The van der Waals surface area contributed by atoms with Crippen molar-refractivity contribution < 1.29 is 28.2 Å². The first-order chi connectivity index (χ1) is 14.0. The third kappa shape index (κ3) is 6.00. The number of carbonyl (C=O) groups excluding carboxylic acids is 1. The summed E-state index contributed by atoms with van der Waals surface area (Å²) in [5, 5.41) is 4.41. The van der Waals surface area contributed by atoms with Crippen molar-refractivity contribution in [3.63, 3.8) is 0 Å². The molecule has 7 nitrogen and oxygen atoms in total. The zero-order valence-corrected chi connectivity index (χ0v) is 16.9. The molecule has 29 heavy (non-hydrogen) atoms. The molecule has 0 aliphatic carbocycles. The Morgan fingerprint density at radius 3 is 2.66 bits per heavy atom. The van der Waals surface area contributed by atoms with Gasteiger partial charge in [-0.2, -0.15) is 0 Å². The van der Waals surface area contributed by atoms with Gasteiger partial charge in [-0.05, 0) is 18.2 Å². The lowest BCUT2D eigenvalue weighted by Gasteiger charge is -2.13. The van der Waals surface area contributed by atoms with Crippen LogP contribution in [0.4, 0.5) is 4.39 Å². The van der Waals surface area contributed by atoms with E-state index in [2.05, 4.69) is 10.1 Å². The topological polar surface area (TPSA) is 79.2 Å². The second-order valence-corrected chi connectivity index (χ2v) is 6.04. The van der Waals surface area contributed by atoms with E-state index in [-0.39, 0.29) is 18.8 Å². The highest BCUT2D eigenvalue weighted by Gasteiger charge is 2.19. The van der Waals surface area contributed by atoms with E-state index in [0.717, 1.165) is 6.20 Å². The molecule has 9 heteroatoms. The van der Waals surface area contributed by atoms with E-state index in [4.69, 9.17) is 30.6 Å². The minimum Gasteiger partial charge on any atom is -0.503 e. The summed E-state index contributed by atoms with van der Waals surface area (Å²) in [5.41, 5.74) is 1.94. The maximum Gasteiger partial charge on any atom is 0.341 e. The first-order valence-electron chi connectivity index (χ1n) is 8.40. The number of methoxy groups -OCH3 is 3. The monoisotopic (exact) mass is 422 g/mol. The highest BCUT2D eigenvalue weighted by molar-refractivity contribution is 6.32. The van der Waals surface area contributed by atoms with Crippen molar-refractivity contribution in [1.29, 1.82) is 0 Å². The normalized spacial score (nSPS) is 11.9. The fraction of sp³-hybridized carbons (Fsp3) is 0.250. The Morgan fingerprint density at radius 2 is 2.03 bits per heavy atom. The zero-order chi connectivity index (χ0) is 21.2. The summed E-state index contributed by atoms with van der Waals surface area (Å²) in [6.45, 7) is 0.0481. The number of hydrogen-bond donors (Lipinski definition) is 0. The van der Waals surface area contributed by atoms with E-state index in [9.17, 15) is 9.18 Å². The number of carbonyl (C=O) groups is 1. The predicted molar refractivity (Wildman–Crippen MR) is 106 cm³/mol. The summed E-state index contributed by atoms with van der Waals surface area (Å²) < 4.78 is 28.0. The maximum absolute atomic E-state index is 13.1. The number of halogens is 2. The lowest BCUT2D eigenvalue weighted by atomic mass is 10.0. The van der Waals surface area contributed by atoms with Gasteiger partial charge in [0, 0.05) is 23.3 Å². The van der Waals surface area contributed by atoms with Crippen LogP contribution in [0.3, 0.4) is 0 Å². The van der Waals surface area contributed by atoms with Crippen molar-refractivity contribution >= 4 is 28.9 Å². The number of esters is 1. The predicted octanol–water partition coefficient (Wildman–Crippen LogP) is 3.60. The Hall–Kier alpha value is -2.97. The molecule has 0 spiro atoms. The quantitative estimate of drug-likeness (QED) is 0.202. The standard InChI is InChI=1S/C20H20ClFN2O5/c1-26-10-16(20(25)28-3)14-5-4-6-17(21)15(14)11-29-24-19(12-27-2)18-8-7-13(22)9-23-18/h4-10H,11-12H2,1-3H3/b16-10+,24-19+. The molecule has 0 aliphatic rings. The Bertz CT molecular complexity index is 900. The van der Waals surface area contributed by atoms with Crippen LogP contribution in [0.15, 0.2) is 47.9 Å². The van der Waals surface area contributed by atoms with E-state index >= 15 is 0 Å². The average Bonchev–Trinajstić information content (AvgIpc) is 2.72. The lowest BCUT2D eigenvalue weighted by molar-refractivity contribution is -0.133. The highest BCUT2D eigenvalue weighted by Crippen LogP contribution is 2.28. The Morgan fingerprint density at radius 1 is 1.24 bits per heavy atom. The maximum atomic E-state index is 13.1. The van der Waals surface area contributed by atoms with Gasteiger partial charge in [-0.25, -0.2) is 9.18 Å². The first kappa shape index (κ1) is 22.3. The summed E-state index contributed by atoms with van der Waals surface area (Å²) in [6, 6.07) is 7.77. The van der Waals surface area contributed by atoms with E-state index in [1.807, 2.05) is 0 Å². The van der Waals surface area contributed by atoms with Crippen molar-refractivity contribution in [2.45, 2.75) is 6.61 Å². The first-order valence-corrected chi connectivity index (χ1v) is 8.78. The lowest BCUT2D eigenvalue weighted by Crippen LogP contribution is -2.12. The van der Waals surface area contributed by atoms with Gasteiger partial charge in [-0.15, -0.1) is 0 Å². The molecule has 2 rings (SSSR count). The van der Waals surface area contributed by atoms with Crippen LogP contribution in [0, 0.1) is 5.82 Å². The second kappa shape index (κ2) is 11.1. The van der Waals surface area contributed by atoms with Crippen LogP contribution in [0.1, 0.15) is 16.8 Å². The molecule has 0 fully saturated rings. The number of aromatic nitrogens is 1. The largest absolute Gasteiger partial charge is 0.503 e. The highest BCUT2D eigenvalue weighted by atomic mass is 35.5. The van der Waals surface area contributed by atoms with Crippen LogP contribution in [-0.2, 0) is 30.4 Å². The smallest absolute Gasteiger partial charge is 0.341 e. The van der Waals surface area contributed by atoms with Crippen LogP contribution in [-0.4, -0.2) is 44.6 Å². The zero-order valence-electron chi connectivity index (χ0n) is 16.1. The molecule has 1 aromatic carbocycles. The molecule has 0 radical (unpaired) electrons. The molecule has 0 saturated carbocycles. The van der Waals surface area contributed by atoms with Gasteiger partial charge in [0.2, 0.25) is 0 Å². The van der Waals surface area contributed by atoms with Gasteiger partial charge in [0.1, 0.15) is 23.7 Å². The van der Waals surface area contributed by atoms with Gasteiger partial charge in [0.15, 0.2) is 0 Å². The molecule has 0 aliphatic heterocycles. The van der Waals surface area contributed by atoms with Crippen molar-refractivity contribution in [3.05, 3.63) is 70.5 Å². The average molecular weight is 423 g/mol. The van der Waals surface area contributed by atoms with E-state index in [1.165, 1.54) is 39.7 Å². The van der Waals surface area contributed by atoms with Crippen LogP contribution < -0.4 is 0 Å². The fourth-order valence-electron chi connectivity index (χ4n) is 2.41. The van der Waals surface area contributed by atoms with Gasteiger partial charge in [-0.3, -0.25) is 4.98 Å². The number of pyridine rings is 1. The number of ether oxygens (including phenoxy) is 3. The summed E-state index contributed by atoms with van der Waals surface area (Å²) >= 11 is 6.31. The molecule has 0 amide bonds. The summed E-state index contributed by atoms with van der Waals surface area (Å²) in [4.78, 5) is 21.5. The minimum atomic E-state index is -0.588. The summed E-state index contributed by atoms with van der Waals surface area (Å²) in [5.74, 6) is -1.05. The molecular weight excluding hydrogens is 403 g/mol. The number of rotatable bonds is 9. The Balaban J connectivity index is 2.31. The van der Waals surface area contributed by atoms with Crippen molar-refractivity contribution in [1.82, 2.24) is 4.98 Å². The molecular formula is C20H20ClFN2O5. The van der Waals surface area contributed by atoms with E-state index in [0.29, 0.717) is 27.6 Å². The minimum absolute atomic E-state index is 0.0541. The van der Waals surface area contributed by atoms with Crippen LogP contribution in [0.25, 0.3) is 5.57 Å². The molecule has 154 valence electrons. The van der Waals surface area contributed by atoms with Crippen LogP contribution in [0.5, 0.6) is 0 Å². The summed E-state index contributed by atoms with van der Waals surface area (Å²) in [7, 11) is 4.17. The van der Waals surface area contributed by atoms with Gasteiger partial charge >= 0.3 is 5.97 Å². The molecule has 0 atom stereocenters. The molecule has 0 unspecified atom stereocenters. The van der Waals surface area contributed by atoms with Gasteiger partial charge < -0.3 is 19.0 Å². The molecule has 0 N–H and O–H groups in total. The third-order valence-corrected chi connectivity index (χ3v) is 4.09. The molecule has 0 saturated heterocycles. The van der Waals surface area contributed by atoms with Crippen molar-refractivity contribution in [3.8, 4) is 0 Å². The SMILES string of the molecule is CO/C=C(/C(=O)OC)c1cccc(Cl)c1CO/N=C(\COC)c1ccc(F)cn1. The Kier molecular flexibility index (Phi) is 8.57. The van der Waals surface area contributed by atoms with Crippen LogP contribution in [0.2, 0.25) is 5.02 Å². The van der Waals surface area contributed by atoms with E-state index in [1.54, 1.807) is 18.2 Å². The fourth-order valence-corrected chi connectivity index (χ4v) is 2.64. The molecule has 1 heterocycles. The number of hydrogen-bond acceptors (Lipinski definition) is 7. The summed E-state index contributed by atoms with van der Waals surface area (Å²) in [6.07, 6.45) is 2.34. The Labute approximate surface area is 172 Å². The van der Waals surface area contributed by atoms with Gasteiger partial charge in [-0.1, -0.05) is 28.9 Å². The third-order valence-electron chi connectivity index (χ3n) is 3.74. The molecule has 2 aromatic rings. The van der Waals surface area contributed by atoms with Crippen molar-refractivity contribution in [2.24, 2.45) is 5.16 Å². The molecule has 0 bridgehead atoms. The number of oxime groups is 1. The van der Waals surface area contributed by atoms with Crippen LogP contribution >= 0.6 is 11.6 Å². The second-order valence-electron chi connectivity index (χ2n) is 5.63.